The molecule has 8 heteroatoms. The van der Waals surface area contributed by atoms with Crippen molar-refractivity contribution in [3.05, 3.63) is 48.0 Å². The molecule has 0 atom stereocenters. The van der Waals surface area contributed by atoms with Crippen molar-refractivity contribution >= 4 is 21.6 Å². The lowest BCUT2D eigenvalue weighted by atomic mass is 10.1. The predicted octanol–water partition coefficient (Wildman–Crippen LogP) is 2.64. The molecule has 0 aliphatic rings. The van der Waals surface area contributed by atoms with Crippen molar-refractivity contribution < 1.29 is 22.7 Å². The van der Waals surface area contributed by atoms with E-state index < -0.39 is 10.0 Å². The van der Waals surface area contributed by atoms with Gasteiger partial charge in [-0.05, 0) is 38.1 Å². The first-order valence-corrected chi connectivity index (χ1v) is 9.41. The molecule has 2 aromatic rings. The molecule has 1 amide bonds. The summed E-state index contributed by atoms with van der Waals surface area (Å²) in [6, 6.07) is 10.8. The molecule has 7 nitrogen and oxygen atoms in total. The Kier molecular flexibility index (Phi) is 6.10. The number of sulfonamides is 1. The Morgan fingerprint density at radius 1 is 1.04 bits per heavy atom. The van der Waals surface area contributed by atoms with E-state index in [2.05, 4.69) is 10.0 Å². The molecule has 0 bridgehead atoms. The highest BCUT2D eigenvalue weighted by Crippen LogP contribution is 2.30. The van der Waals surface area contributed by atoms with Gasteiger partial charge >= 0.3 is 0 Å². The fourth-order valence-electron chi connectivity index (χ4n) is 2.30. The van der Waals surface area contributed by atoms with Gasteiger partial charge in [0.05, 0.1) is 25.5 Å². The summed E-state index contributed by atoms with van der Waals surface area (Å²) in [4.78, 5) is 12.2. The molecule has 2 aromatic carbocycles. The highest BCUT2D eigenvalue weighted by molar-refractivity contribution is 7.92. The number of carbonyl (C=O) groups is 1. The van der Waals surface area contributed by atoms with Gasteiger partial charge in [-0.15, -0.1) is 0 Å². The molecular weight excluding hydrogens is 356 g/mol. The van der Waals surface area contributed by atoms with Crippen LogP contribution in [0.2, 0.25) is 0 Å². The second-order valence-electron chi connectivity index (χ2n) is 5.80. The van der Waals surface area contributed by atoms with Crippen LogP contribution in [-0.2, 0) is 10.0 Å². The standard InChI is InChI=1S/C18H22N2O5S/c1-12(2)19-18(21)14-7-5-6-8-15(14)20-26(22,23)17-11-13(24-3)9-10-16(17)25-4/h5-12,20H,1-4H3,(H,19,21). The van der Waals surface area contributed by atoms with Gasteiger partial charge in [0.1, 0.15) is 16.4 Å². The Morgan fingerprint density at radius 3 is 2.35 bits per heavy atom. The van der Waals surface area contributed by atoms with Gasteiger partial charge in [0.25, 0.3) is 15.9 Å². The van der Waals surface area contributed by atoms with Crippen LogP contribution >= 0.6 is 0 Å². The van der Waals surface area contributed by atoms with E-state index in [9.17, 15) is 13.2 Å². The zero-order valence-corrected chi connectivity index (χ0v) is 15.9. The summed E-state index contributed by atoms with van der Waals surface area (Å²) in [5.74, 6) is 0.176. The van der Waals surface area contributed by atoms with E-state index in [-0.39, 0.29) is 33.8 Å². The number of hydrogen-bond acceptors (Lipinski definition) is 5. The number of amides is 1. The molecule has 0 spiro atoms. The SMILES string of the molecule is COc1ccc(OC)c(S(=O)(=O)Nc2ccccc2C(=O)NC(C)C)c1. The molecule has 0 radical (unpaired) electrons. The molecule has 0 aliphatic heterocycles. The van der Waals surface area contributed by atoms with Crippen molar-refractivity contribution in [3.8, 4) is 11.5 Å². The molecular formula is C18H22N2O5S. The number of ether oxygens (including phenoxy) is 2. The monoisotopic (exact) mass is 378 g/mol. The number of carbonyl (C=O) groups excluding carboxylic acids is 1. The van der Waals surface area contributed by atoms with Crippen molar-refractivity contribution in [2.45, 2.75) is 24.8 Å². The summed E-state index contributed by atoms with van der Waals surface area (Å²) in [5, 5.41) is 2.75. The van der Waals surface area contributed by atoms with Crippen molar-refractivity contribution in [3.63, 3.8) is 0 Å². The fraction of sp³-hybridized carbons (Fsp3) is 0.278. The Labute approximate surface area is 153 Å². The summed E-state index contributed by atoms with van der Waals surface area (Å²) in [6.45, 7) is 3.65. The molecule has 2 N–H and O–H groups in total. The molecule has 0 aliphatic carbocycles. The van der Waals surface area contributed by atoms with Gasteiger partial charge in [-0.25, -0.2) is 8.42 Å². The maximum atomic E-state index is 12.9. The maximum absolute atomic E-state index is 12.9. The number of benzene rings is 2. The number of nitrogens with one attached hydrogen (secondary N) is 2. The third-order valence-electron chi connectivity index (χ3n) is 3.50. The topological polar surface area (TPSA) is 93.7 Å². The van der Waals surface area contributed by atoms with Gasteiger partial charge in [0, 0.05) is 12.1 Å². The maximum Gasteiger partial charge on any atom is 0.265 e. The van der Waals surface area contributed by atoms with Crippen LogP contribution < -0.4 is 19.5 Å². The van der Waals surface area contributed by atoms with Gasteiger partial charge < -0.3 is 14.8 Å². The second-order valence-corrected chi connectivity index (χ2v) is 7.45. The summed E-state index contributed by atoms with van der Waals surface area (Å²) >= 11 is 0. The van der Waals surface area contributed by atoms with Crippen molar-refractivity contribution in [1.29, 1.82) is 0 Å². The van der Waals surface area contributed by atoms with E-state index in [4.69, 9.17) is 9.47 Å². The van der Waals surface area contributed by atoms with Crippen molar-refractivity contribution in [2.24, 2.45) is 0 Å². The van der Waals surface area contributed by atoms with Crippen LogP contribution in [0.3, 0.4) is 0 Å². The summed E-state index contributed by atoms with van der Waals surface area (Å²) in [5.41, 5.74) is 0.405. The van der Waals surface area contributed by atoms with E-state index in [0.717, 1.165) is 0 Å². The van der Waals surface area contributed by atoms with Crippen LogP contribution in [0, 0.1) is 0 Å². The van der Waals surface area contributed by atoms with Crippen LogP contribution in [0.4, 0.5) is 5.69 Å². The molecule has 0 unspecified atom stereocenters. The van der Waals surface area contributed by atoms with Gasteiger partial charge in [-0.3, -0.25) is 9.52 Å². The van der Waals surface area contributed by atoms with Crippen molar-refractivity contribution in [1.82, 2.24) is 5.32 Å². The highest BCUT2D eigenvalue weighted by atomic mass is 32.2. The Balaban J connectivity index is 2.44. The zero-order valence-electron chi connectivity index (χ0n) is 15.1. The van der Waals surface area contributed by atoms with Crippen LogP contribution in [-0.4, -0.2) is 34.6 Å². The molecule has 0 heterocycles. The Hall–Kier alpha value is -2.74. The van der Waals surface area contributed by atoms with E-state index >= 15 is 0 Å². The molecule has 0 saturated carbocycles. The average molecular weight is 378 g/mol. The highest BCUT2D eigenvalue weighted by Gasteiger charge is 2.23. The molecule has 0 saturated heterocycles. The molecule has 0 fully saturated rings. The minimum absolute atomic E-state index is 0.0781. The lowest BCUT2D eigenvalue weighted by Crippen LogP contribution is -2.31. The quantitative estimate of drug-likeness (QED) is 0.772. The van der Waals surface area contributed by atoms with E-state index in [1.54, 1.807) is 24.3 Å². The van der Waals surface area contributed by atoms with Gasteiger partial charge in [-0.2, -0.15) is 0 Å². The summed E-state index contributed by atoms with van der Waals surface area (Å²) in [6.07, 6.45) is 0. The summed E-state index contributed by atoms with van der Waals surface area (Å²) in [7, 11) is -1.19. The van der Waals surface area contributed by atoms with Gasteiger partial charge in [-0.1, -0.05) is 12.1 Å². The molecule has 140 valence electrons. The molecule has 2 rings (SSSR count). The number of methoxy groups -OCH3 is 2. The zero-order chi connectivity index (χ0) is 19.3. The smallest absolute Gasteiger partial charge is 0.265 e. The summed E-state index contributed by atoms with van der Waals surface area (Å²) < 4.78 is 38.4. The fourth-order valence-corrected chi connectivity index (χ4v) is 3.57. The minimum atomic E-state index is -4.01. The normalized spacial score (nSPS) is 11.1. The van der Waals surface area contributed by atoms with E-state index in [1.807, 2.05) is 13.8 Å². The van der Waals surface area contributed by atoms with Gasteiger partial charge in [0.15, 0.2) is 0 Å². The van der Waals surface area contributed by atoms with Crippen LogP contribution in [0.1, 0.15) is 24.2 Å². The minimum Gasteiger partial charge on any atom is -0.497 e. The number of rotatable bonds is 7. The molecule has 0 aromatic heterocycles. The van der Waals surface area contributed by atoms with E-state index in [0.29, 0.717) is 5.75 Å². The lowest BCUT2D eigenvalue weighted by molar-refractivity contribution is 0.0944. The third-order valence-corrected chi connectivity index (χ3v) is 4.88. The Bertz CT molecular complexity index is 894. The van der Waals surface area contributed by atoms with Crippen molar-refractivity contribution in [2.75, 3.05) is 18.9 Å². The van der Waals surface area contributed by atoms with Gasteiger partial charge in [0.2, 0.25) is 0 Å². The van der Waals surface area contributed by atoms with Crippen LogP contribution in [0.25, 0.3) is 0 Å². The number of anilines is 1. The van der Waals surface area contributed by atoms with E-state index in [1.165, 1.54) is 32.4 Å². The first kappa shape index (κ1) is 19.6. The second kappa shape index (κ2) is 8.09. The average Bonchev–Trinajstić information content (AvgIpc) is 2.60. The third kappa shape index (κ3) is 4.45. The predicted molar refractivity (Wildman–Crippen MR) is 99.4 cm³/mol. The first-order valence-electron chi connectivity index (χ1n) is 7.93. The van der Waals surface area contributed by atoms with Crippen LogP contribution in [0.15, 0.2) is 47.4 Å². The Morgan fingerprint density at radius 2 is 1.73 bits per heavy atom. The lowest BCUT2D eigenvalue weighted by Gasteiger charge is -2.16. The van der Waals surface area contributed by atoms with Crippen LogP contribution in [0.5, 0.6) is 11.5 Å². The molecule has 26 heavy (non-hydrogen) atoms. The largest absolute Gasteiger partial charge is 0.497 e. The number of para-hydroxylation sites is 1. The number of hydrogen-bond donors (Lipinski definition) is 2. The first-order chi connectivity index (χ1) is 12.3.